The number of rotatable bonds is 7. The van der Waals surface area contributed by atoms with Crippen LogP contribution in [-0.2, 0) is 9.53 Å². The van der Waals surface area contributed by atoms with Crippen molar-refractivity contribution >= 4 is 17.5 Å². The first-order valence-corrected chi connectivity index (χ1v) is 15.0. The van der Waals surface area contributed by atoms with Gasteiger partial charge in [0, 0.05) is 50.2 Å². The summed E-state index contributed by atoms with van der Waals surface area (Å²) in [5, 5.41) is 22.7. The molecule has 3 fully saturated rings. The highest BCUT2D eigenvalue weighted by molar-refractivity contribution is 5.76. The predicted molar refractivity (Wildman–Crippen MR) is 156 cm³/mol. The van der Waals surface area contributed by atoms with Crippen LogP contribution in [0.3, 0.4) is 0 Å². The second-order valence-corrected chi connectivity index (χ2v) is 11.7. The Morgan fingerprint density at radius 1 is 0.975 bits per heavy atom. The van der Waals surface area contributed by atoms with Crippen molar-refractivity contribution in [3.63, 3.8) is 0 Å². The maximum Gasteiger partial charge on any atom is 0.305 e. The van der Waals surface area contributed by atoms with Crippen LogP contribution in [0.15, 0.2) is 30.3 Å². The van der Waals surface area contributed by atoms with Crippen LogP contribution in [0.25, 0.3) is 11.3 Å². The summed E-state index contributed by atoms with van der Waals surface area (Å²) in [5.41, 5.74) is 2.52. The average molecular weight is 550 g/mol. The number of piperazine rings is 1. The highest BCUT2D eigenvalue weighted by Crippen LogP contribution is 2.36. The van der Waals surface area contributed by atoms with Crippen molar-refractivity contribution in [2.75, 3.05) is 76.2 Å². The fourth-order valence-corrected chi connectivity index (χ4v) is 7.14. The summed E-state index contributed by atoms with van der Waals surface area (Å²) in [5.74, 6) is 0.970. The number of aromatic hydroxyl groups is 1. The number of carbonyl (C=O) groups is 1. The van der Waals surface area contributed by atoms with Gasteiger partial charge in [-0.2, -0.15) is 0 Å². The number of benzene rings is 1. The summed E-state index contributed by atoms with van der Waals surface area (Å²) in [6.07, 6.45) is 6.39. The van der Waals surface area contributed by atoms with E-state index in [1.54, 1.807) is 6.07 Å². The highest BCUT2D eigenvalue weighted by Gasteiger charge is 2.37. The van der Waals surface area contributed by atoms with Crippen LogP contribution in [0, 0.1) is 0 Å². The Kier molecular flexibility index (Phi) is 8.36. The van der Waals surface area contributed by atoms with Gasteiger partial charge >= 0.3 is 5.97 Å². The summed E-state index contributed by atoms with van der Waals surface area (Å²) in [6, 6.07) is 11.2. The minimum Gasteiger partial charge on any atom is -0.507 e. The second-order valence-electron chi connectivity index (χ2n) is 11.7. The molecule has 10 heteroatoms. The van der Waals surface area contributed by atoms with Crippen molar-refractivity contribution in [2.24, 2.45) is 0 Å². The van der Waals surface area contributed by atoms with Crippen molar-refractivity contribution in [1.82, 2.24) is 24.9 Å². The molecule has 216 valence electrons. The topological polar surface area (TPSA) is 97.3 Å². The lowest BCUT2D eigenvalue weighted by Crippen LogP contribution is -2.61. The molecule has 0 unspecified atom stereocenters. The number of nitrogens with one attached hydrogen (secondary N) is 1. The number of phenolic OH excluding ortho intramolecular Hbond substituents is 1. The summed E-state index contributed by atoms with van der Waals surface area (Å²) in [6.45, 7) is 9.67. The third kappa shape index (κ3) is 5.89. The molecule has 5 heterocycles. The number of hydrogen-bond donors (Lipinski definition) is 2. The van der Waals surface area contributed by atoms with Crippen LogP contribution < -0.4 is 10.2 Å². The van der Waals surface area contributed by atoms with Crippen molar-refractivity contribution in [3.05, 3.63) is 30.3 Å². The van der Waals surface area contributed by atoms with Crippen molar-refractivity contribution in [1.29, 1.82) is 0 Å². The number of para-hydroxylation sites is 1. The summed E-state index contributed by atoms with van der Waals surface area (Å²) >= 11 is 0. The second kappa shape index (κ2) is 12.3. The number of nitrogens with zero attached hydrogens (tertiary/aromatic N) is 6. The van der Waals surface area contributed by atoms with Crippen molar-refractivity contribution in [3.8, 4) is 17.0 Å². The lowest BCUT2D eigenvalue weighted by atomic mass is 9.95. The number of hydrogen-bond acceptors (Lipinski definition) is 10. The number of phenols is 1. The number of carbonyl (C=O) groups excluding carboxylic acids is 1. The molecule has 10 nitrogen and oxygen atoms in total. The molecular weight excluding hydrogens is 506 g/mol. The zero-order valence-electron chi connectivity index (χ0n) is 23.7. The van der Waals surface area contributed by atoms with Crippen LogP contribution in [0.4, 0.5) is 11.5 Å². The van der Waals surface area contributed by atoms with E-state index in [9.17, 15) is 9.90 Å². The van der Waals surface area contributed by atoms with E-state index in [1.165, 1.54) is 45.9 Å². The monoisotopic (exact) mass is 549 g/mol. The lowest BCUT2D eigenvalue weighted by molar-refractivity contribution is -0.140. The Morgan fingerprint density at radius 3 is 2.50 bits per heavy atom. The molecule has 3 saturated heterocycles. The SMILES string of the molecule is COC(=O)CCCN1CCC(N2CCC(N3CCN4c5cc(-c6ccccc6O)nnc5NC[C@H]4C3)CC2)CC1. The molecule has 0 bridgehead atoms. The minimum absolute atomic E-state index is 0.101. The third-order valence-corrected chi connectivity index (χ3v) is 9.45. The highest BCUT2D eigenvalue weighted by atomic mass is 16.5. The van der Waals surface area contributed by atoms with E-state index < -0.39 is 0 Å². The molecule has 4 aliphatic rings. The number of esters is 1. The largest absolute Gasteiger partial charge is 0.507 e. The maximum absolute atomic E-state index is 11.4. The summed E-state index contributed by atoms with van der Waals surface area (Å²) in [7, 11) is 1.47. The Bertz CT molecular complexity index is 1160. The molecule has 0 radical (unpaired) electrons. The standard InChI is InChI=1S/C30H43N7O3/c1-40-29(39)7-4-12-34-13-8-22(9-14-34)35-15-10-23(11-16-35)36-17-18-37-24(21-36)20-31-30-27(37)19-26(32-33-30)25-5-2-3-6-28(25)38/h2-3,5-6,19,22-24,38H,4,7-18,20-21H2,1H3,(H,31,33)/t24-/m0/s1. The first-order valence-electron chi connectivity index (χ1n) is 15.0. The number of piperidine rings is 2. The number of aromatic nitrogens is 2. The molecule has 40 heavy (non-hydrogen) atoms. The molecule has 6 rings (SSSR count). The van der Waals surface area contributed by atoms with E-state index in [2.05, 4.69) is 41.2 Å². The fourth-order valence-electron chi connectivity index (χ4n) is 7.14. The smallest absolute Gasteiger partial charge is 0.305 e. The van der Waals surface area contributed by atoms with Gasteiger partial charge in [-0.25, -0.2) is 0 Å². The predicted octanol–water partition coefficient (Wildman–Crippen LogP) is 2.65. The molecule has 0 aliphatic carbocycles. The summed E-state index contributed by atoms with van der Waals surface area (Å²) in [4.78, 5) is 21.9. The molecule has 0 saturated carbocycles. The molecule has 0 spiro atoms. The molecular formula is C30H43N7O3. The minimum atomic E-state index is -0.101. The van der Waals surface area contributed by atoms with Crippen LogP contribution in [0.5, 0.6) is 5.75 Å². The first kappa shape index (κ1) is 27.2. The van der Waals surface area contributed by atoms with Crippen LogP contribution in [0.1, 0.15) is 38.5 Å². The number of anilines is 2. The molecule has 2 aromatic rings. The van der Waals surface area contributed by atoms with E-state index >= 15 is 0 Å². The van der Waals surface area contributed by atoms with Gasteiger partial charge in [0.15, 0.2) is 5.82 Å². The van der Waals surface area contributed by atoms with E-state index in [1.807, 2.05) is 18.2 Å². The number of fused-ring (bicyclic) bond motifs is 3. The molecule has 1 aromatic heterocycles. The van der Waals surface area contributed by atoms with Gasteiger partial charge in [-0.1, -0.05) is 12.1 Å². The zero-order chi connectivity index (χ0) is 27.5. The van der Waals surface area contributed by atoms with Gasteiger partial charge in [-0.3, -0.25) is 9.69 Å². The van der Waals surface area contributed by atoms with Gasteiger partial charge in [0.1, 0.15) is 5.75 Å². The summed E-state index contributed by atoms with van der Waals surface area (Å²) < 4.78 is 4.77. The average Bonchev–Trinajstić information content (AvgIpc) is 3.01. The Labute approximate surface area is 237 Å². The maximum atomic E-state index is 11.4. The number of methoxy groups -OCH3 is 1. The van der Waals surface area contributed by atoms with Gasteiger partial charge in [0.25, 0.3) is 0 Å². The Hall–Kier alpha value is -2.95. The quantitative estimate of drug-likeness (QED) is 0.502. The Morgan fingerprint density at radius 2 is 1.73 bits per heavy atom. The van der Waals surface area contributed by atoms with Crippen molar-refractivity contribution < 1.29 is 14.6 Å². The van der Waals surface area contributed by atoms with Gasteiger partial charge in [-0.05, 0) is 83.0 Å². The number of ether oxygens (including phenoxy) is 1. The van der Waals surface area contributed by atoms with Crippen molar-refractivity contribution in [2.45, 2.75) is 56.7 Å². The van der Waals surface area contributed by atoms with Gasteiger partial charge < -0.3 is 29.9 Å². The third-order valence-electron chi connectivity index (χ3n) is 9.45. The van der Waals surface area contributed by atoms with Crippen LogP contribution in [0.2, 0.25) is 0 Å². The molecule has 4 aliphatic heterocycles. The van der Waals surface area contributed by atoms with E-state index in [0.717, 1.165) is 69.3 Å². The van der Waals surface area contributed by atoms with Crippen LogP contribution in [-0.4, -0.2) is 120 Å². The van der Waals surface area contributed by atoms with Gasteiger partial charge in [0.05, 0.1) is 24.5 Å². The molecule has 2 N–H and O–H groups in total. The van der Waals surface area contributed by atoms with Gasteiger partial charge in [0.2, 0.25) is 0 Å². The van der Waals surface area contributed by atoms with E-state index in [-0.39, 0.29) is 11.7 Å². The molecule has 0 amide bonds. The first-order chi connectivity index (χ1) is 19.6. The van der Waals surface area contributed by atoms with Crippen LogP contribution >= 0.6 is 0 Å². The lowest BCUT2D eigenvalue weighted by Gasteiger charge is -2.50. The zero-order valence-corrected chi connectivity index (χ0v) is 23.7. The molecule has 1 atom stereocenters. The number of likely N-dealkylation sites (tertiary alicyclic amines) is 2. The molecule has 1 aromatic carbocycles. The fraction of sp³-hybridized carbons (Fsp3) is 0.633. The van der Waals surface area contributed by atoms with E-state index in [0.29, 0.717) is 30.2 Å². The normalized spacial score (nSPS) is 23.3. The Balaban J connectivity index is 0.986. The van der Waals surface area contributed by atoms with E-state index in [4.69, 9.17) is 4.74 Å². The van der Waals surface area contributed by atoms with Gasteiger partial charge in [-0.15, -0.1) is 10.2 Å².